The van der Waals surface area contributed by atoms with E-state index in [-0.39, 0.29) is 6.04 Å². The first-order valence-corrected chi connectivity index (χ1v) is 7.71. The molecular weight excluding hydrogens is 315 g/mol. The van der Waals surface area contributed by atoms with Gasteiger partial charge < -0.3 is 10.7 Å². The Morgan fingerprint density at radius 1 is 1.30 bits per heavy atom. The lowest BCUT2D eigenvalue weighted by molar-refractivity contribution is 0.795. The van der Waals surface area contributed by atoms with Crippen LogP contribution in [0.3, 0.4) is 0 Å². The molecule has 0 fully saturated rings. The molecule has 1 unspecified atom stereocenters. The third kappa shape index (κ3) is 3.76. The van der Waals surface area contributed by atoms with Gasteiger partial charge in [-0.25, -0.2) is 10.8 Å². The Labute approximate surface area is 132 Å². The number of hydrogen-bond donors (Lipinski definition) is 3. The molecule has 0 amide bonds. The van der Waals surface area contributed by atoms with Crippen LogP contribution < -0.4 is 16.6 Å². The van der Waals surface area contributed by atoms with Crippen molar-refractivity contribution in [1.82, 2.24) is 4.98 Å². The lowest BCUT2D eigenvalue weighted by Gasteiger charge is -2.16. The van der Waals surface area contributed by atoms with Gasteiger partial charge in [0.15, 0.2) is 5.82 Å². The van der Waals surface area contributed by atoms with Crippen LogP contribution in [-0.2, 0) is 6.42 Å². The number of nitrogens with two attached hydrogens (primary N) is 1. The number of hydrazine groups is 1. The molecule has 7 heteroatoms. The molecule has 2 aromatic heterocycles. The van der Waals surface area contributed by atoms with Gasteiger partial charge in [-0.1, -0.05) is 23.2 Å². The average molecular weight is 331 g/mol. The molecule has 0 aliphatic rings. The van der Waals surface area contributed by atoms with E-state index in [4.69, 9.17) is 29.0 Å². The largest absolute Gasteiger partial charge is 0.366 e. The Morgan fingerprint density at radius 3 is 2.60 bits per heavy atom. The first-order chi connectivity index (χ1) is 9.49. The number of nitrogens with one attached hydrogen (secondary N) is 2. The van der Waals surface area contributed by atoms with Gasteiger partial charge in [0, 0.05) is 22.2 Å². The Hall–Kier alpha value is -1.01. The van der Waals surface area contributed by atoms with Crippen LogP contribution in [0.2, 0.25) is 10.0 Å². The number of nitrogens with zero attached hydrogens (tertiary/aromatic N) is 1. The minimum Gasteiger partial charge on any atom is -0.366 e. The van der Waals surface area contributed by atoms with Crippen LogP contribution in [0.5, 0.6) is 0 Å². The zero-order valence-corrected chi connectivity index (χ0v) is 13.5. The summed E-state index contributed by atoms with van der Waals surface area (Å²) in [5.41, 5.74) is 2.45. The Kier molecular flexibility index (Phi) is 5.10. The van der Waals surface area contributed by atoms with Gasteiger partial charge in [0.1, 0.15) is 5.82 Å². The number of nitrogen functional groups attached to an aromatic ring is 1. The molecule has 0 aliphatic carbocycles. The molecule has 108 valence electrons. The maximum Gasteiger partial charge on any atom is 0.161 e. The highest BCUT2D eigenvalue weighted by Gasteiger charge is 2.12. The van der Waals surface area contributed by atoms with Crippen molar-refractivity contribution < 1.29 is 0 Å². The fourth-order valence-corrected chi connectivity index (χ4v) is 3.34. The summed E-state index contributed by atoms with van der Waals surface area (Å²) >= 11 is 13.9. The number of anilines is 2. The number of hydrogen-bond acceptors (Lipinski definition) is 5. The summed E-state index contributed by atoms with van der Waals surface area (Å²) in [4.78, 5) is 6.90. The van der Waals surface area contributed by atoms with Gasteiger partial charge in [0.05, 0.1) is 10.0 Å². The van der Waals surface area contributed by atoms with E-state index in [0.29, 0.717) is 21.7 Å². The normalized spacial score (nSPS) is 12.2. The van der Waals surface area contributed by atoms with E-state index in [2.05, 4.69) is 41.7 Å². The number of rotatable bonds is 5. The molecule has 2 aromatic rings. The molecule has 0 aliphatic heterocycles. The molecule has 2 heterocycles. The van der Waals surface area contributed by atoms with E-state index in [9.17, 15) is 0 Å². The predicted molar refractivity (Wildman–Crippen MR) is 87.9 cm³/mol. The van der Waals surface area contributed by atoms with Gasteiger partial charge in [-0.15, -0.1) is 11.3 Å². The average Bonchev–Trinajstić information content (AvgIpc) is 2.78. The topological polar surface area (TPSA) is 63.0 Å². The molecule has 0 saturated carbocycles. The first-order valence-electron chi connectivity index (χ1n) is 6.14. The molecule has 0 bridgehead atoms. The molecule has 20 heavy (non-hydrogen) atoms. The summed E-state index contributed by atoms with van der Waals surface area (Å²) < 4.78 is 0. The second-order valence-corrected chi connectivity index (χ2v) is 6.74. The predicted octanol–water partition coefficient (Wildman–Crippen LogP) is 4.09. The Balaban J connectivity index is 2.09. The summed E-state index contributed by atoms with van der Waals surface area (Å²) in [6.07, 6.45) is 0.907. The SMILES string of the molecule is Cc1ccc(CC(C)Nc2nc(NN)c(Cl)cc2Cl)s1. The van der Waals surface area contributed by atoms with Crippen molar-refractivity contribution in [3.05, 3.63) is 38.0 Å². The van der Waals surface area contributed by atoms with Gasteiger partial charge in [0.25, 0.3) is 0 Å². The monoisotopic (exact) mass is 330 g/mol. The van der Waals surface area contributed by atoms with Gasteiger partial charge in [0.2, 0.25) is 0 Å². The summed E-state index contributed by atoms with van der Waals surface area (Å²) in [6, 6.07) is 6.08. The summed E-state index contributed by atoms with van der Waals surface area (Å²) in [5.74, 6) is 6.34. The molecule has 0 saturated heterocycles. The van der Waals surface area contributed by atoms with E-state index in [1.54, 1.807) is 17.4 Å². The van der Waals surface area contributed by atoms with Gasteiger partial charge in [-0.2, -0.15) is 0 Å². The fraction of sp³-hybridized carbons (Fsp3) is 0.308. The summed E-state index contributed by atoms with van der Waals surface area (Å²) in [7, 11) is 0. The van der Waals surface area contributed by atoms with E-state index in [0.717, 1.165) is 6.42 Å². The zero-order valence-electron chi connectivity index (χ0n) is 11.2. The zero-order chi connectivity index (χ0) is 14.7. The third-order valence-corrected chi connectivity index (χ3v) is 4.35. The standard InChI is InChI=1S/C13H16Cl2N4S/c1-7(5-9-4-3-8(2)20-9)17-12-10(14)6-11(15)13(18-12)19-16/h3-4,6-7H,5,16H2,1-2H3,(H2,17,18,19). The van der Waals surface area contributed by atoms with Gasteiger partial charge in [-0.05, 0) is 32.0 Å². The van der Waals surface area contributed by atoms with Crippen molar-refractivity contribution in [3.8, 4) is 0 Å². The van der Waals surface area contributed by atoms with E-state index < -0.39 is 0 Å². The van der Waals surface area contributed by atoms with Gasteiger partial charge >= 0.3 is 0 Å². The number of pyridine rings is 1. The van der Waals surface area contributed by atoms with Crippen LogP contribution in [0.15, 0.2) is 18.2 Å². The smallest absolute Gasteiger partial charge is 0.161 e. The second-order valence-electron chi connectivity index (χ2n) is 4.56. The van der Waals surface area contributed by atoms with E-state index >= 15 is 0 Å². The van der Waals surface area contributed by atoms with Crippen molar-refractivity contribution in [2.75, 3.05) is 10.7 Å². The highest BCUT2D eigenvalue weighted by atomic mass is 35.5. The fourth-order valence-electron chi connectivity index (χ4n) is 1.85. The quantitative estimate of drug-likeness (QED) is 0.570. The minimum atomic E-state index is 0.199. The van der Waals surface area contributed by atoms with Crippen molar-refractivity contribution in [3.63, 3.8) is 0 Å². The van der Waals surface area contributed by atoms with E-state index in [1.807, 2.05) is 0 Å². The lowest BCUT2D eigenvalue weighted by Crippen LogP contribution is -2.19. The molecule has 4 nitrogen and oxygen atoms in total. The van der Waals surface area contributed by atoms with Crippen molar-refractivity contribution >= 4 is 46.2 Å². The van der Waals surface area contributed by atoms with Crippen LogP contribution in [0.25, 0.3) is 0 Å². The van der Waals surface area contributed by atoms with Crippen LogP contribution in [0.4, 0.5) is 11.6 Å². The van der Waals surface area contributed by atoms with Gasteiger partial charge in [-0.3, -0.25) is 0 Å². The van der Waals surface area contributed by atoms with Crippen molar-refractivity contribution in [2.45, 2.75) is 26.3 Å². The highest BCUT2D eigenvalue weighted by Crippen LogP contribution is 2.29. The molecule has 4 N–H and O–H groups in total. The lowest BCUT2D eigenvalue weighted by atomic mass is 10.2. The number of thiophene rings is 1. The maximum atomic E-state index is 6.13. The summed E-state index contributed by atoms with van der Waals surface area (Å²) in [6.45, 7) is 4.18. The van der Waals surface area contributed by atoms with Crippen LogP contribution in [0, 0.1) is 6.92 Å². The van der Waals surface area contributed by atoms with Crippen LogP contribution in [-0.4, -0.2) is 11.0 Å². The van der Waals surface area contributed by atoms with Crippen molar-refractivity contribution in [2.24, 2.45) is 5.84 Å². The van der Waals surface area contributed by atoms with Crippen LogP contribution >= 0.6 is 34.5 Å². The molecule has 0 radical (unpaired) electrons. The number of aryl methyl sites for hydroxylation is 1. The van der Waals surface area contributed by atoms with E-state index in [1.165, 1.54) is 9.75 Å². The molecule has 1 atom stereocenters. The maximum absolute atomic E-state index is 6.13. The Morgan fingerprint density at radius 2 is 2.00 bits per heavy atom. The molecule has 0 aromatic carbocycles. The third-order valence-electron chi connectivity index (χ3n) is 2.75. The summed E-state index contributed by atoms with van der Waals surface area (Å²) in [5, 5.41) is 4.15. The van der Waals surface area contributed by atoms with Crippen molar-refractivity contribution in [1.29, 1.82) is 0 Å². The van der Waals surface area contributed by atoms with Crippen LogP contribution in [0.1, 0.15) is 16.7 Å². The minimum absolute atomic E-state index is 0.199. The molecular formula is C13H16Cl2N4S. The number of aromatic nitrogens is 1. The molecule has 0 spiro atoms. The molecule has 2 rings (SSSR count). The second kappa shape index (κ2) is 6.63. The Bertz CT molecular complexity index is 600. The number of halogens is 2. The highest BCUT2D eigenvalue weighted by molar-refractivity contribution is 7.11. The first kappa shape index (κ1) is 15.4.